The molecule has 0 aromatic carbocycles. The SMILES string of the molecule is CCC1CN(C)CC(CC)N1c1ncc(C2CCN(CCCNC(=O)COC)CC2)cn1. The highest BCUT2D eigenvalue weighted by molar-refractivity contribution is 5.77. The number of amides is 1. The molecule has 2 saturated heterocycles. The zero-order valence-electron chi connectivity index (χ0n) is 20.4. The fraction of sp³-hybridized carbons (Fsp3) is 0.792. The Hall–Kier alpha value is -1.77. The van der Waals surface area contributed by atoms with Gasteiger partial charge in [-0.05, 0) is 70.3 Å². The molecule has 1 aromatic rings. The lowest BCUT2D eigenvalue weighted by Crippen LogP contribution is -2.58. The summed E-state index contributed by atoms with van der Waals surface area (Å²) < 4.78 is 4.84. The van der Waals surface area contributed by atoms with Gasteiger partial charge in [-0.15, -0.1) is 0 Å². The molecular formula is C24H42N6O2. The number of carbonyl (C=O) groups is 1. The maximum Gasteiger partial charge on any atom is 0.245 e. The average Bonchev–Trinajstić information content (AvgIpc) is 2.82. The first-order chi connectivity index (χ1) is 15.5. The van der Waals surface area contributed by atoms with Crippen LogP contribution in [0.15, 0.2) is 12.4 Å². The van der Waals surface area contributed by atoms with Crippen LogP contribution in [0, 0.1) is 0 Å². The molecule has 2 fully saturated rings. The molecule has 0 saturated carbocycles. The molecule has 2 aliphatic heterocycles. The maximum absolute atomic E-state index is 11.4. The fourth-order valence-electron chi connectivity index (χ4n) is 5.12. The molecule has 8 nitrogen and oxygen atoms in total. The minimum Gasteiger partial charge on any atom is -0.375 e. The van der Waals surface area contributed by atoms with E-state index in [1.165, 1.54) is 5.56 Å². The van der Waals surface area contributed by atoms with Gasteiger partial charge in [0.05, 0.1) is 0 Å². The topological polar surface area (TPSA) is 73.8 Å². The molecule has 0 radical (unpaired) electrons. The predicted molar refractivity (Wildman–Crippen MR) is 128 cm³/mol. The van der Waals surface area contributed by atoms with Crippen LogP contribution in [0.4, 0.5) is 5.95 Å². The van der Waals surface area contributed by atoms with Crippen molar-refractivity contribution in [2.24, 2.45) is 0 Å². The van der Waals surface area contributed by atoms with Gasteiger partial charge in [0.1, 0.15) is 6.61 Å². The summed E-state index contributed by atoms with van der Waals surface area (Å²) in [6, 6.07) is 0.958. The molecule has 2 atom stereocenters. The molecule has 0 spiro atoms. The number of anilines is 1. The van der Waals surface area contributed by atoms with E-state index in [0.717, 1.165) is 70.8 Å². The number of nitrogens with one attached hydrogen (secondary N) is 1. The van der Waals surface area contributed by atoms with Crippen molar-refractivity contribution in [3.05, 3.63) is 18.0 Å². The third kappa shape index (κ3) is 6.62. The van der Waals surface area contributed by atoms with Gasteiger partial charge in [0, 0.05) is 51.2 Å². The number of piperidine rings is 1. The van der Waals surface area contributed by atoms with E-state index in [1.54, 1.807) is 7.11 Å². The number of likely N-dealkylation sites (N-methyl/N-ethyl adjacent to an activating group) is 1. The molecule has 1 aromatic heterocycles. The molecule has 1 amide bonds. The van der Waals surface area contributed by atoms with Crippen molar-refractivity contribution in [3.8, 4) is 0 Å². The number of piperazine rings is 1. The van der Waals surface area contributed by atoms with Gasteiger partial charge < -0.3 is 24.8 Å². The van der Waals surface area contributed by atoms with Crippen molar-refractivity contribution in [2.45, 2.75) is 64.0 Å². The van der Waals surface area contributed by atoms with Crippen LogP contribution in [0.25, 0.3) is 0 Å². The Balaban J connectivity index is 1.48. The Morgan fingerprint density at radius 1 is 1.12 bits per heavy atom. The number of hydrogen-bond acceptors (Lipinski definition) is 7. The summed E-state index contributed by atoms with van der Waals surface area (Å²) in [4.78, 5) is 28.5. The zero-order chi connectivity index (χ0) is 22.9. The monoisotopic (exact) mass is 446 g/mol. The molecule has 1 N–H and O–H groups in total. The number of methoxy groups -OCH3 is 1. The van der Waals surface area contributed by atoms with E-state index in [1.807, 2.05) is 0 Å². The van der Waals surface area contributed by atoms with Crippen molar-refractivity contribution in [1.29, 1.82) is 0 Å². The van der Waals surface area contributed by atoms with Crippen molar-refractivity contribution in [3.63, 3.8) is 0 Å². The summed E-state index contributed by atoms with van der Waals surface area (Å²) in [7, 11) is 3.76. The van der Waals surface area contributed by atoms with Gasteiger partial charge in [0.25, 0.3) is 0 Å². The van der Waals surface area contributed by atoms with Gasteiger partial charge in [-0.25, -0.2) is 9.97 Å². The predicted octanol–water partition coefficient (Wildman–Crippen LogP) is 2.12. The lowest BCUT2D eigenvalue weighted by molar-refractivity contribution is -0.124. The number of carbonyl (C=O) groups excluding carboxylic acids is 1. The van der Waals surface area contributed by atoms with E-state index < -0.39 is 0 Å². The first-order valence-corrected chi connectivity index (χ1v) is 12.3. The molecule has 2 unspecified atom stereocenters. The maximum atomic E-state index is 11.4. The molecular weight excluding hydrogens is 404 g/mol. The van der Waals surface area contributed by atoms with E-state index in [-0.39, 0.29) is 12.5 Å². The second-order valence-corrected chi connectivity index (χ2v) is 9.32. The number of likely N-dealkylation sites (tertiary alicyclic amines) is 1. The minimum atomic E-state index is -0.0401. The lowest BCUT2D eigenvalue weighted by Gasteiger charge is -2.45. The average molecular weight is 447 g/mol. The van der Waals surface area contributed by atoms with Crippen LogP contribution in [0.1, 0.15) is 57.4 Å². The summed E-state index contributed by atoms with van der Waals surface area (Å²) in [5, 5.41) is 2.89. The van der Waals surface area contributed by atoms with E-state index in [9.17, 15) is 4.79 Å². The van der Waals surface area contributed by atoms with Crippen molar-refractivity contribution >= 4 is 11.9 Å². The molecule has 32 heavy (non-hydrogen) atoms. The van der Waals surface area contributed by atoms with Crippen LogP contribution in [-0.2, 0) is 9.53 Å². The van der Waals surface area contributed by atoms with Crippen LogP contribution in [0.2, 0.25) is 0 Å². The smallest absolute Gasteiger partial charge is 0.245 e. The van der Waals surface area contributed by atoms with Crippen molar-refractivity contribution in [1.82, 2.24) is 25.1 Å². The number of hydrogen-bond donors (Lipinski definition) is 1. The Morgan fingerprint density at radius 3 is 2.31 bits per heavy atom. The van der Waals surface area contributed by atoms with Gasteiger partial charge in [0.15, 0.2) is 0 Å². The number of rotatable bonds is 10. The summed E-state index contributed by atoms with van der Waals surface area (Å²) in [5.41, 5.74) is 1.27. The highest BCUT2D eigenvalue weighted by Gasteiger charge is 2.33. The number of ether oxygens (including phenoxy) is 1. The van der Waals surface area contributed by atoms with Gasteiger partial charge in [0.2, 0.25) is 11.9 Å². The Bertz CT molecular complexity index is 678. The Labute approximate surface area is 193 Å². The molecule has 3 rings (SSSR count). The van der Waals surface area contributed by atoms with Crippen LogP contribution in [0.5, 0.6) is 0 Å². The number of nitrogens with zero attached hydrogens (tertiary/aromatic N) is 5. The summed E-state index contributed by atoms with van der Waals surface area (Å²) in [5.74, 6) is 1.40. The quantitative estimate of drug-likeness (QED) is 0.552. The first-order valence-electron chi connectivity index (χ1n) is 12.3. The van der Waals surface area contributed by atoms with Crippen molar-refractivity contribution < 1.29 is 9.53 Å². The number of aromatic nitrogens is 2. The molecule has 180 valence electrons. The van der Waals surface area contributed by atoms with Crippen LogP contribution >= 0.6 is 0 Å². The van der Waals surface area contributed by atoms with Crippen LogP contribution in [0.3, 0.4) is 0 Å². The second-order valence-electron chi connectivity index (χ2n) is 9.32. The second kappa shape index (κ2) is 12.5. The normalized spacial score (nSPS) is 23.4. The minimum absolute atomic E-state index is 0.0401. The molecule has 2 aliphatic rings. The van der Waals surface area contributed by atoms with Crippen LogP contribution < -0.4 is 10.2 Å². The van der Waals surface area contributed by atoms with Crippen molar-refractivity contribution in [2.75, 3.05) is 64.9 Å². The molecule has 0 aliphatic carbocycles. The zero-order valence-corrected chi connectivity index (χ0v) is 20.4. The summed E-state index contributed by atoms with van der Waals surface area (Å²) in [6.45, 7) is 10.7. The Kier molecular flexibility index (Phi) is 9.69. The molecule has 8 heteroatoms. The molecule has 0 bridgehead atoms. The fourth-order valence-corrected chi connectivity index (χ4v) is 5.12. The third-order valence-corrected chi connectivity index (χ3v) is 6.97. The molecule has 3 heterocycles. The highest BCUT2D eigenvalue weighted by Crippen LogP contribution is 2.29. The van der Waals surface area contributed by atoms with Gasteiger partial charge >= 0.3 is 0 Å². The largest absolute Gasteiger partial charge is 0.375 e. The van der Waals surface area contributed by atoms with E-state index in [0.29, 0.717) is 24.5 Å². The third-order valence-electron chi connectivity index (χ3n) is 6.97. The van der Waals surface area contributed by atoms with Crippen LogP contribution in [-0.4, -0.2) is 97.8 Å². The first kappa shape index (κ1) is 24.9. The summed E-state index contributed by atoms with van der Waals surface area (Å²) >= 11 is 0. The van der Waals surface area contributed by atoms with Gasteiger partial charge in [-0.1, -0.05) is 13.8 Å². The standard InChI is InChI=1S/C24H42N6O2/c1-5-21-16-28(3)17-22(6-2)30(21)24-26-14-20(15-27-24)19-8-12-29(13-9-19)11-7-10-25-23(31)18-32-4/h14-15,19,21-22H,5-13,16-18H2,1-4H3,(H,25,31). The van der Waals surface area contributed by atoms with E-state index >= 15 is 0 Å². The Morgan fingerprint density at radius 2 is 1.75 bits per heavy atom. The van der Waals surface area contributed by atoms with E-state index in [2.05, 4.69) is 53.3 Å². The van der Waals surface area contributed by atoms with Gasteiger partial charge in [-0.2, -0.15) is 0 Å². The lowest BCUT2D eigenvalue weighted by atomic mass is 9.91. The summed E-state index contributed by atoms with van der Waals surface area (Å²) in [6.07, 6.45) is 9.63. The van der Waals surface area contributed by atoms with E-state index in [4.69, 9.17) is 14.7 Å². The highest BCUT2D eigenvalue weighted by atomic mass is 16.5. The van der Waals surface area contributed by atoms with Gasteiger partial charge in [-0.3, -0.25) is 4.79 Å².